The maximum Gasteiger partial charge on any atom is 0.342 e. The van der Waals surface area contributed by atoms with Crippen molar-refractivity contribution in [3.63, 3.8) is 0 Å². The molecule has 0 bridgehead atoms. The van der Waals surface area contributed by atoms with Crippen LogP contribution in [0.2, 0.25) is 0 Å². The smallest absolute Gasteiger partial charge is 0.342 e. The number of carbonyl (C=O) groups is 1. The van der Waals surface area contributed by atoms with Gasteiger partial charge >= 0.3 is 11.7 Å². The van der Waals surface area contributed by atoms with Gasteiger partial charge in [0.1, 0.15) is 11.3 Å². The summed E-state index contributed by atoms with van der Waals surface area (Å²) in [7, 11) is 0. The zero-order chi connectivity index (χ0) is 15.2. The first kappa shape index (κ1) is 15.2. The summed E-state index contributed by atoms with van der Waals surface area (Å²) >= 11 is 0. The van der Waals surface area contributed by atoms with E-state index in [1.165, 1.54) is 18.2 Å². The number of nitrogens with zero attached hydrogens (tertiary/aromatic N) is 2. The minimum absolute atomic E-state index is 0.245. The molecule has 3 N–H and O–H groups in total. The lowest BCUT2D eigenvalue weighted by atomic mass is 10.1. The van der Waals surface area contributed by atoms with E-state index in [1.54, 1.807) is 0 Å². The maximum absolute atomic E-state index is 11.1. The molecule has 0 radical (unpaired) electrons. The first-order valence-electron chi connectivity index (χ1n) is 6.77. The van der Waals surface area contributed by atoms with Crippen LogP contribution in [-0.2, 0) is 0 Å². The summed E-state index contributed by atoms with van der Waals surface area (Å²) in [6, 6.07) is 4.27. The fraction of sp³-hybridized carbons (Fsp3) is 0.462. The number of carboxylic acids is 1. The Hall–Kier alpha value is -2.19. The quantitative estimate of drug-likeness (QED) is 0.521. The van der Waals surface area contributed by atoms with Crippen LogP contribution in [0.3, 0.4) is 0 Å². The molecule has 21 heavy (non-hydrogen) atoms. The molecule has 1 saturated heterocycles. The van der Waals surface area contributed by atoms with Crippen molar-refractivity contribution in [1.82, 2.24) is 10.2 Å². The molecule has 8 heteroatoms. The summed E-state index contributed by atoms with van der Waals surface area (Å²) < 4.78 is 0. The molecule has 8 nitrogen and oxygen atoms in total. The van der Waals surface area contributed by atoms with Crippen molar-refractivity contribution in [2.45, 2.75) is 0 Å². The number of aromatic carboxylic acids is 1. The maximum atomic E-state index is 11.1. The second kappa shape index (κ2) is 7.00. The monoisotopic (exact) mass is 294 g/mol. The number of hydrogen-bond donors (Lipinski definition) is 3. The summed E-state index contributed by atoms with van der Waals surface area (Å²) in [4.78, 5) is 23.7. The van der Waals surface area contributed by atoms with Gasteiger partial charge in [0.25, 0.3) is 0 Å². The van der Waals surface area contributed by atoms with Crippen LogP contribution in [0.25, 0.3) is 0 Å². The van der Waals surface area contributed by atoms with Gasteiger partial charge in [0.15, 0.2) is 0 Å². The lowest BCUT2D eigenvalue weighted by Crippen LogP contribution is -2.45. The van der Waals surface area contributed by atoms with Gasteiger partial charge in [0.05, 0.1) is 4.92 Å². The average molecular weight is 294 g/mol. The predicted molar refractivity (Wildman–Crippen MR) is 77.9 cm³/mol. The Kier molecular flexibility index (Phi) is 5.07. The SMILES string of the molecule is O=C(O)c1cccc(NCCN2CCNCC2)c1[N+](=O)[O-]. The number of rotatable bonds is 6. The molecule has 0 aliphatic carbocycles. The highest BCUT2D eigenvalue weighted by Crippen LogP contribution is 2.28. The molecule has 114 valence electrons. The molecule has 0 spiro atoms. The van der Waals surface area contributed by atoms with Crippen molar-refractivity contribution in [2.24, 2.45) is 0 Å². The van der Waals surface area contributed by atoms with Crippen LogP contribution >= 0.6 is 0 Å². The summed E-state index contributed by atoms with van der Waals surface area (Å²) in [5, 5.41) is 26.3. The largest absolute Gasteiger partial charge is 0.477 e. The third kappa shape index (κ3) is 3.89. The molecule has 1 fully saturated rings. The standard InChI is InChI=1S/C13H18N4O4/c18-13(19)10-2-1-3-11(12(10)17(20)21)15-6-9-16-7-4-14-5-8-16/h1-3,14-15H,4-9H2,(H,18,19). The Bertz CT molecular complexity index is 529. The lowest BCUT2D eigenvalue weighted by molar-refractivity contribution is -0.384. The molecule has 0 amide bonds. The molecule has 1 aromatic rings. The molecular formula is C13H18N4O4. The minimum atomic E-state index is -1.30. The van der Waals surface area contributed by atoms with Crippen LogP contribution in [-0.4, -0.2) is 60.2 Å². The van der Waals surface area contributed by atoms with E-state index in [2.05, 4.69) is 15.5 Å². The van der Waals surface area contributed by atoms with Gasteiger partial charge in [-0.3, -0.25) is 15.0 Å². The van der Waals surface area contributed by atoms with E-state index in [0.29, 0.717) is 6.54 Å². The Morgan fingerprint density at radius 2 is 2.14 bits per heavy atom. The molecule has 1 aliphatic rings. The fourth-order valence-electron chi connectivity index (χ4n) is 2.34. The van der Waals surface area contributed by atoms with Crippen LogP contribution in [0, 0.1) is 10.1 Å². The number of para-hydroxylation sites is 1. The number of nitro benzene ring substituents is 1. The number of benzene rings is 1. The van der Waals surface area contributed by atoms with Gasteiger partial charge in [-0.25, -0.2) is 4.79 Å². The molecule has 0 aromatic heterocycles. The number of nitro groups is 1. The highest BCUT2D eigenvalue weighted by molar-refractivity contribution is 5.95. The Balaban J connectivity index is 2.03. The van der Waals surface area contributed by atoms with Gasteiger partial charge in [0, 0.05) is 39.3 Å². The molecule has 2 rings (SSSR count). The number of piperazine rings is 1. The molecule has 0 atom stereocenters. The highest BCUT2D eigenvalue weighted by atomic mass is 16.6. The zero-order valence-electron chi connectivity index (χ0n) is 11.5. The molecule has 1 aliphatic heterocycles. The molecule has 0 unspecified atom stereocenters. The fourth-order valence-corrected chi connectivity index (χ4v) is 2.34. The number of carboxylic acid groups (broad SMARTS) is 1. The van der Waals surface area contributed by atoms with Gasteiger partial charge in [-0.05, 0) is 12.1 Å². The third-order valence-corrected chi connectivity index (χ3v) is 3.40. The van der Waals surface area contributed by atoms with Crippen LogP contribution in [0.15, 0.2) is 18.2 Å². The first-order valence-corrected chi connectivity index (χ1v) is 6.77. The van der Waals surface area contributed by atoms with Crippen molar-refractivity contribution >= 4 is 17.3 Å². The van der Waals surface area contributed by atoms with Gasteiger partial charge in [-0.15, -0.1) is 0 Å². The Labute approximate surface area is 121 Å². The number of anilines is 1. The van der Waals surface area contributed by atoms with E-state index >= 15 is 0 Å². The first-order chi connectivity index (χ1) is 10.1. The normalized spacial score (nSPS) is 15.6. The van der Waals surface area contributed by atoms with Gasteiger partial charge in [0.2, 0.25) is 0 Å². The van der Waals surface area contributed by atoms with Crippen molar-refractivity contribution in [1.29, 1.82) is 0 Å². The molecule has 0 saturated carbocycles. The van der Waals surface area contributed by atoms with Gasteiger partial charge < -0.3 is 15.7 Å². The van der Waals surface area contributed by atoms with E-state index in [1.807, 2.05) is 0 Å². The van der Waals surface area contributed by atoms with E-state index in [4.69, 9.17) is 5.11 Å². The highest BCUT2D eigenvalue weighted by Gasteiger charge is 2.24. The van der Waals surface area contributed by atoms with Gasteiger partial charge in [-0.2, -0.15) is 0 Å². The average Bonchev–Trinajstić information content (AvgIpc) is 2.47. The minimum Gasteiger partial charge on any atom is -0.477 e. The zero-order valence-corrected chi connectivity index (χ0v) is 11.5. The predicted octanol–water partition coefficient (Wildman–Crippen LogP) is 0.610. The van der Waals surface area contributed by atoms with E-state index in [-0.39, 0.29) is 16.9 Å². The topological polar surface area (TPSA) is 108 Å². The molecular weight excluding hydrogens is 276 g/mol. The summed E-state index contributed by atoms with van der Waals surface area (Å²) in [6.07, 6.45) is 0. The van der Waals surface area contributed by atoms with Crippen LogP contribution in [0.5, 0.6) is 0 Å². The van der Waals surface area contributed by atoms with E-state index in [0.717, 1.165) is 32.7 Å². The number of nitrogens with one attached hydrogen (secondary N) is 2. The molecule has 1 aromatic carbocycles. The second-order valence-electron chi connectivity index (χ2n) is 4.78. The summed E-state index contributed by atoms with van der Waals surface area (Å²) in [5.74, 6) is -1.30. The van der Waals surface area contributed by atoms with E-state index < -0.39 is 10.9 Å². The van der Waals surface area contributed by atoms with E-state index in [9.17, 15) is 14.9 Å². The van der Waals surface area contributed by atoms with Crippen LogP contribution < -0.4 is 10.6 Å². The van der Waals surface area contributed by atoms with Crippen LogP contribution in [0.1, 0.15) is 10.4 Å². The third-order valence-electron chi connectivity index (χ3n) is 3.40. The second-order valence-corrected chi connectivity index (χ2v) is 4.78. The van der Waals surface area contributed by atoms with Crippen molar-refractivity contribution in [3.8, 4) is 0 Å². The molecule has 1 heterocycles. The van der Waals surface area contributed by atoms with Gasteiger partial charge in [-0.1, -0.05) is 6.07 Å². The number of hydrogen-bond acceptors (Lipinski definition) is 6. The van der Waals surface area contributed by atoms with Crippen molar-refractivity contribution in [2.75, 3.05) is 44.6 Å². The Morgan fingerprint density at radius 1 is 1.43 bits per heavy atom. The Morgan fingerprint density at radius 3 is 2.76 bits per heavy atom. The van der Waals surface area contributed by atoms with Crippen molar-refractivity contribution < 1.29 is 14.8 Å². The van der Waals surface area contributed by atoms with Crippen LogP contribution in [0.4, 0.5) is 11.4 Å². The van der Waals surface area contributed by atoms with Crippen molar-refractivity contribution in [3.05, 3.63) is 33.9 Å². The summed E-state index contributed by atoms with van der Waals surface area (Å²) in [6.45, 7) is 5.06. The summed E-state index contributed by atoms with van der Waals surface area (Å²) in [5.41, 5.74) is -0.437. The lowest BCUT2D eigenvalue weighted by Gasteiger charge is -2.27.